The lowest BCUT2D eigenvalue weighted by Crippen LogP contribution is -2.31. The zero-order valence-corrected chi connectivity index (χ0v) is 21.1. The third-order valence-electron chi connectivity index (χ3n) is 5.87. The fraction of sp³-hybridized carbons (Fsp3) is 0.346. The number of aromatic nitrogens is 3. The molecule has 0 radical (unpaired) electrons. The molecule has 1 amide bonds. The van der Waals surface area contributed by atoms with Crippen molar-refractivity contribution in [2.24, 2.45) is 0 Å². The standard InChI is InChI=1S/C26H31N5O2S/c1-6-7-14-34-26-29-25-27-18(4)22(24(32)28-20-13-12-16(2)15-17(20)3)23(31(25)30-26)19-10-8-9-11-21(19)33-5/h8-13,15,23H,6-7,14H2,1-5H3,(H,28,32)(H,27,29,30). The van der Waals surface area contributed by atoms with Crippen LogP contribution in [0.25, 0.3) is 0 Å². The van der Waals surface area contributed by atoms with E-state index in [1.165, 1.54) is 0 Å². The van der Waals surface area contributed by atoms with Gasteiger partial charge in [0.25, 0.3) is 5.91 Å². The molecule has 8 heteroatoms. The van der Waals surface area contributed by atoms with Crippen molar-refractivity contribution in [3.63, 3.8) is 0 Å². The molecule has 1 aliphatic heterocycles. The Morgan fingerprint density at radius 3 is 2.74 bits per heavy atom. The zero-order chi connectivity index (χ0) is 24.2. The van der Waals surface area contributed by atoms with Crippen LogP contribution in [-0.2, 0) is 4.79 Å². The van der Waals surface area contributed by atoms with Crippen LogP contribution in [0.15, 0.2) is 58.9 Å². The number of aryl methyl sites for hydroxylation is 2. The minimum atomic E-state index is -0.480. The number of carbonyl (C=O) groups is 1. The number of anilines is 2. The van der Waals surface area contributed by atoms with Crippen molar-refractivity contribution < 1.29 is 9.53 Å². The smallest absolute Gasteiger partial charge is 0.255 e. The molecule has 1 aliphatic rings. The van der Waals surface area contributed by atoms with Crippen LogP contribution in [0.4, 0.5) is 11.6 Å². The highest BCUT2D eigenvalue weighted by Crippen LogP contribution is 2.40. The highest BCUT2D eigenvalue weighted by atomic mass is 32.2. The van der Waals surface area contributed by atoms with E-state index in [2.05, 4.69) is 23.6 Å². The number of rotatable bonds is 8. The summed E-state index contributed by atoms with van der Waals surface area (Å²) >= 11 is 1.63. The fourth-order valence-electron chi connectivity index (χ4n) is 4.12. The first-order valence-electron chi connectivity index (χ1n) is 11.5. The predicted molar refractivity (Wildman–Crippen MR) is 138 cm³/mol. The Hall–Kier alpha value is -3.26. The van der Waals surface area contributed by atoms with E-state index in [0.29, 0.717) is 22.4 Å². The predicted octanol–water partition coefficient (Wildman–Crippen LogP) is 5.72. The van der Waals surface area contributed by atoms with E-state index in [9.17, 15) is 4.79 Å². The Kier molecular flexibility index (Phi) is 7.26. The summed E-state index contributed by atoms with van der Waals surface area (Å²) in [5.41, 5.74) is 5.12. The van der Waals surface area contributed by atoms with Gasteiger partial charge in [-0.1, -0.05) is 61.0 Å². The topological polar surface area (TPSA) is 81.1 Å². The molecule has 3 aromatic rings. The van der Waals surface area contributed by atoms with Crippen molar-refractivity contribution in [1.29, 1.82) is 0 Å². The molecule has 0 saturated carbocycles. The average Bonchev–Trinajstić information content (AvgIpc) is 3.22. The van der Waals surface area contributed by atoms with Crippen LogP contribution in [-0.4, -0.2) is 33.5 Å². The second-order valence-electron chi connectivity index (χ2n) is 8.45. The first-order chi connectivity index (χ1) is 16.4. The van der Waals surface area contributed by atoms with Gasteiger partial charge in [-0.05, 0) is 44.9 Å². The molecule has 178 valence electrons. The van der Waals surface area contributed by atoms with Gasteiger partial charge < -0.3 is 15.4 Å². The van der Waals surface area contributed by atoms with Crippen LogP contribution in [0.1, 0.15) is 49.4 Å². The van der Waals surface area contributed by atoms with Crippen LogP contribution >= 0.6 is 11.8 Å². The lowest BCUT2D eigenvalue weighted by Gasteiger charge is -2.29. The minimum absolute atomic E-state index is 0.186. The molecule has 7 nitrogen and oxygen atoms in total. The van der Waals surface area contributed by atoms with Crippen molar-refractivity contribution in [2.75, 3.05) is 23.5 Å². The number of nitrogens with one attached hydrogen (secondary N) is 2. The number of ether oxygens (including phenoxy) is 1. The third kappa shape index (κ3) is 4.82. The number of hydrogen-bond donors (Lipinski definition) is 2. The number of carbonyl (C=O) groups excluding carboxylic acids is 1. The van der Waals surface area contributed by atoms with E-state index in [-0.39, 0.29) is 5.91 Å². The summed E-state index contributed by atoms with van der Waals surface area (Å²) in [7, 11) is 1.64. The molecule has 2 aromatic carbocycles. The molecule has 34 heavy (non-hydrogen) atoms. The molecular weight excluding hydrogens is 446 g/mol. The lowest BCUT2D eigenvalue weighted by atomic mass is 9.94. The molecule has 0 fully saturated rings. The normalized spacial score (nSPS) is 15.0. The number of nitrogens with zero attached hydrogens (tertiary/aromatic N) is 3. The van der Waals surface area contributed by atoms with Gasteiger partial charge in [-0.2, -0.15) is 4.98 Å². The Labute approximate surface area is 205 Å². The molecule has 1 unspecified atom stereocenters. The fourth-order valence-corrected chi connectivity index (χ4v) is 5.03. The van der Waals surface area contributed by atoms with Gasteiger partial charge in [0.05, 0.1) is 12.7 Å². The Balaban J connectivity index is 1.77. The molecule has 1 aromatic heterocycles. The van der Waals surface area contributed by atoms with E-state index in [1.54, 1.807) is 23.6 Å². The highest BCUT2D eigenvalue weighted by molar-refractivity contribution is 7.99. The Bertz CT molecular complexity index is 1230. The minimum Gasteiger partial charge on any atom is -0.496 e. The van der Waals surface area contributed by atoms with Crippen molar-refractivity contribution in [1.82, 2.24) is 14.8 Å². The molecule has 0 saturated heterocycles. The van der Waals surface area contributed by atoms with Crippen molar-refractivity contribution >= 4 is 29.3 Å². The van der Waals surface area contributed by atoms with Gasteiger partial charge in [0.1, 0.15) is 11.8 Å². The van der Waals surface area contributed by atoms with E-state index < -0.39 is 6.04 Å². The van der Waals surface area contributed by atoms with Crippen molar-refractivity contribution in [2.45, 2.75) is 51.7 Å². The second-order valence-corrected chi connectivity index (χ2v) is 9.51. The van der Waals surface area contributed by atoms with Gasteiger partial charge in [-0.15, -0.1) is 5.10 Å². The second kappa shape index (κ2) is 10.3. The quantitative estimate of drug-likeness (QED) is 0.319. The largest absolute Gasteiger partial charge is 0.496 e. The molecule has 0 aliphatic carbocycles. The van der Waals surface area contributed by atoms with Crippen LogP contribution in [0, 0.1) is 13.8 Å². The lowest BCUT2D eigenvalue weighted by molar-refractivity contribution is -0.113. The number of benzene rings is 2. The van der Waals surface area contributed by atoms with Gasteiger partial charge in [-0.25, -0.2) is 4.68 Å². The first kappa shape index (κ1) is 23.9. The molecule has 0 bridgehead atoms. The van der Waals surface area contributed by atoms with Crippen LogP contribution < -0.4 is 15.4 Å². The van der Waals surface area contributed by atoms with E-state index in [4.69, 9.17) is 14.8 Å². The summed E-state index contributed by atoms with van der Waals surface area (Å²) in [5.74, 6) is 2.08. The number of allylic oxidation sites excluding steroid dienone is 1. The number of para-hydroxylation sites is 1. The maximum Gasteiger partial charge on any atom is 0.255 e. The van der Waals surface area contributed by atoms with Crippen LogP contribution in [0.3, 0.4) is 0 Å². The van der Waals surface area contributed by atoms with E-state index in [0.717, 1.165) is 46.7 Å². The molecule has 1 atom stereocenters. The number of thioether (sulfide) groups is 1. The number of hydrogen-bond acceptors (Lipinski definition) is 6. The van der Waals surface area contributed by atoms with Gasteiger partial charge in [0.15, 0.2) is 0 Å². The summed E-state index contributed by atoms with van der Waals surface area (Å²) in [6, 6.07) is 13.3. The van der Waals surface area contributed by atoms with Gasteiger partial charge in [-0.3, -0.25) is 4.79 Å². The third-order valence-corrected chi connectivity index (χ3v) is 6.79. The summed E-state index contributed by atoms with van der Waals surface area (Å²) in [5, 5.41) is 11.9. The molecule has 0 spiro atoms. The van der Waals surface area contributed by atoms with Gasteiger partial charge in [0.2, 0.25) is 11.1 Å². The average molecular weight is 478 g/mol. The number of methoxy groups -OCH3 is 1. The maximum atomic E-state index is 13.7. The highest BCUT2D eigenvalue weighted by Gasteiger charge is 2.36. The molecule has 2 N–H and O–H groups in total. The Morgan fingerprint density at radius 2 is 2.00 bits per heavy atom. The molecule has 2 heterocycles. The summed E-state index contributed by atoms with van der Waals surface area (Å²) in [6.45, 7) is 8.10. The number of amides is 1. The first-order valence-corrected chi connectivity index (χ1v) is 12.5. The van der Waals surface area contributed by atoms with Crippen molar-refractivity contribution in [3.05, 3.63) is 70.4 Å². The summed E-state index contributed by atoms with van der Waals surface area (Å²) in [4.78, 5) is 18.4. The SMILES string of the molecule is CCCCSc1nc2n(n1)C(c1ccccc1OC)C(C(=O)Nc1ccc(C)cc1C)=C(C)N2. The van der Waals surface area contributed by atoms with E-state index >= 15 is 0 Å². The van der Waals surface area contributed by atoms with Crippen LogP contribution in [0.5, 0.6) is 5.75 Å². The Morgan fingerprint density at radius 1 is 1.21 bits per heavy atom. The summed E-state index contributed by atoms with van der Waals surface area (Å²) in [6.07, 6.45) is 2.21. The maximum absolute atomic E-state index is 13.7. The monoisotopic (exact) mass is 477 g/mol. The number of fused-ring (bicyclic) bond motifs is 1. The van der Waals surface area contributed by atoms with E-state index in [1.807, 2.05) is 57.2 Å². The van der Waals surface area contributed by atoms with Gasteiger partial charge in [0, 0.05) is 22.7 Å². The van der Waals surface area contributed by atoms with Crippen LogP contribution in [0.2, 0.25) is 0 Å². The summed E-state index contributed by atoms with van der Waals surface area (Å²) < 4.78 is 7.47. The molecular formula is C26H31N5O2S. The number of unbranched alkanes of at least 4 members (excludes halogenated alkanes) is 1. The molecule has 4 rings (SSSR count). The zero-order valence-electron chi connectivity index (χ0n) is 20.3. The van der Waals surface area contributed by atoms with Gasteiger partial charge >= 0.3 is 0 Å². The van der Waals surface area contributed by atoms with Crippen molar-refractivity contribution in [3.8, 4) is 5.75 Å².